The Morgan fingerprint density at radius 2 is 1.70 bits per heavy atom. The molecule has 4 heterocycles. The van der Waals surface area contributed by atoms with Crippen LogP contribution in [0.15, 0.2) is 42.5 Å². The molecule has 1 fully saturated rings. The SMILES string of the molecule is CC.COC(=O)c1cc2c(s1)c(C1CC=CCCC1)c1n2CC(=O)N(CC(=O)N2CCN(C(=O)OC(C)(C)C)CC2)c2ccccc2-1. The summed E-state index contributed by atoms with van der Waals surface area (Å²) in [6, 6.07) is 9.64. The lowest BCUT2D eigenvalue weighted by Gasteiger charge is -2.36. The number of hydrogen-bond donors (Lipinski definition) is 0. The highest BCUT2D eigenvalue weighted by atomic mass is 32.1. The topological polar surface area (TPSA) is 101 Å². The Morgan fingerprint density at radius 1 is 1.00 bits per heavy atom. The number of amides is 3. The molecule has 252 valence electrons. The van der Waals surface area contributed by atoms with E-state index in [2.05, 4.69) is 12.2 Å². The van der Waals surface area contributed by atoms with Crippen LogP contribution in [-0.2, 0) is 25.6 Å². The largest absolute Gasteiger partial charge is 0.465 e. The Hall–Kier alpha value is -4.12. The molecule has 1 atom stereocenters. The molecule has 1 aromatic carbocycles. The molecule has 1 unspecified atom stereocenters. The highest BCUT2D eigenvalue weighted by molar-refractivity contribution is 7.21. The molecule has 1 aliphatic carbocycles. The fourth-order valence-corrected chi connectivity index (χ4v) is 7.77. The first-order valence-corrected chi connectivity index (χ1v) is 17.4. The Kier molecular flexibility index (Phi) is 10.4. The molecule has 10 nitrogen and oxygen atoms in total. The van der Waals surface area contributed by atoms with Gasteiger partial charge in [0.25, 0.3) is 0 Å². The van der Waals surface area contributed by atoms with Gasteiger partial charge in [0.15, 0.2) is 0 Å². The van der Waals surface area contributed by atoms with E-state index in [0.29, 0.717) is 36.7 Å². The molecular formula is C36H46N4O6S. The Morgan fingerprint density at radius 3 is 2.40 bits per heavy atom. The second-order valence-corrected chi connectivity index (χ2v) is 13.9. The number of anilines is 1. The lowest BCUT2D eigenvalue weighted by atomic mass is 9.89. The molecule has 3 aliphatic rings. The molecule has 0 saturated carbocycles. The molecule has 0 bridgehead atoms. The number of benzene rings is 1. The first kappa shape index (κ1) is 34.2. The summed E-state index contributed by atoms with van der Waals surface area (Å²) in [6.07, 6.45) is 8.06. The molecule has 1 saturated heterocycles. The average molecular weight is 663 g/mol. The number of fused-ring (bicyclic) bond motifs is 5. The number of methoxy groups -OCH3 is 1. The van der Waals surface area contributed by atoms with E-state index in [1.54, 1.807) is 14.7 Å². The quantitative estimate of drug-likeness (QED) is 0.225. The summed E-state index contributed by atoms with van der Waals surface area (Å²) in [4.78, 5) is 58.3. The summed E-state index contributed by atoms with van der Waals surface area (Å²) in [5, 5.41) is 0. The Labute approximate surface area is 280 Å². The van der Waals surface area contributed by atoms with E-state index in [1.807, 2.05) is 69.5 Å². The van der Waals surface area contributed by atoms with Crippen LogP contribution in [0.2, 0.25) is 0 Å². The number of rotatable bonds is 4. The highest BCUT2D eigenvalue weighted by Crippen LogP contribution is 2.48. The fourth-order valence-electron chi connectivity index (χ4n) is 6.56. The number of piperazine rings is 1. The number of esters is 1. The first-order chi connectivity index (χ1) is 22.6. The number of thiophene rings is 1. The third-order valence-electron chi connectivity index (χ3n) is 8.70. The monoisotopic (exact) mass is 662 g/mol. The molecule has 47 heavy (non-hydrogen) atoms. The van der Waals surface area contributed by atoms with Gasteiger partial charge in [-0.15, -0.1) is 11.3 Å². The van der Waals surface area contributed by atoms with Crippen LogP contribution in [0.5, 0.6) is 0 Å². The summed E-state index contributed by atoms with van der Waals surface area (Å²) in [7, 11) is 1.38. The minimum Gasteiger partial charge on any atom is -0.465 e. The number of ether oxygens (including phenoxy) is 2. The van der Waals surface area contributed by atoms with Crippen molar-refractivity contribution in [3.05, 3.63) is 52.9 Å². The van der Waals surface area contributed by atoms with Crippen molar-refractivity contribution in [2.45, 2.75) is 78.4 Å². The van der Waals surface area contributed by atoms with Crippen LogP contribution in [0.3, 0.4) is 0 Å². The molecule has 0 radical (unpaired) electrons. The number of aromatic nitrogens is 1. The lowest BCUT2D eigenvalue weighted by molar-refractivity contribution is -0.133. The second-order valence-electron chi connectivity index (χ2n) is 12.8. The second kappa shape index (κ2) is 14.3. The van der Waals surface area contributed by atoms with E-state index >= 15 is 0 Å². The van der Waals surface area contributed by atoms with Crippen molar-refractivity contribution in [2.75, 3.05) is 44.7 Å². The standard InChI is InChI=1S/C34H40N4O6S.C2H6/c1-34(2,3)44-33(42)36-17-15-35(16-18-36)27(39)20-37-24-14-10-9-13-23(24)30-29(22-11-7-5-6-8-12-22)31-25(38(30)21-28(37)40)19-26(45-31)32(41)43-4;1-2/h5,7,9-10,13-14,19,22H,6,8,11-12,15-18,20-21H2,1-4H3;1-2H3. The molecular weight excluding hydrogens is 616 g/mol. The van der Waals surface area contributed by atoms with Crippen molar-refractivity contribution < 1.29 is 28.7 Å². The Bertz CT molecular complexity index is 1670. The van der Waals surface area contributed by atoms with Crippen LogP contribution >= 0.6 is 11.3 Å². The Balaban J connectivity index is 0.00000213. The highest BCUT2D eigenvalue weighted by Gasteiger charge is 2.36. The maximum Gasteiger partial charge on any atom is 0.410 e. The molecule has 11 heteroatoms. The van der Waals surface area contributed by atoms with E-state index in [9.17, 15) is 19.2 Å². The minimum absolute atomic E-state index is 0.0418. The first-order valence-electron chi connectivity index (χ1n) is 16.6. The van der Waals surface area contributed by atoms with Crippen LogP contribution in [-0.4, -0.2) is 83.7 Å². The van der Waals surface area contributed by atoms with Crippen LogP contribution in [0.25, 0.3) is 21.5 Å². The van der Waals surface area contributed by atoms with Gasteiger partial charge >= 0.3 is 12.1 Å². The number of carbonyl (C=O) groups excluding carboxylic acids is 4. The number of hydrogen-bond acceptors (Lipinski definition) is 7. The summed E-state index contributed by atoms with van der Waals surface area (Å²) >= 11 is 1.43. The molecule has 2 aromatic heterocycles. The van der Waals surface area contributed by atoms with Crippen molar-refractivity contribution in [1.29, 1.82) is 0 Å². The average Bonchev–Trinajstić information content (AvgIpc) is 3.44. The van der Waals surface area contributed by atoms with Crippen molar-refractivity contribution in [3.63, 3.8) is 0 Å². The van der Waals surface area contributed by atoms with Gasteiger partial charge in [-0.25, -0.2) is 9.59 Å². The van der Waals surface area contributed by atoms with Crippen LogP contribution in [0.1, 0.15) is 81.5 Å². The smallest absolute Gasteiger partial charge is 0.410 e. The minimum atomic E-state index is -0.592. The van der Waals surface area contributed by atoms with Crippen LogP contribution in [0, 0.1) is 0 Å². The predicted molar refractivity (Wildman–Crippen MR) is 185 cm³/mol. The molecule has 0 spiro atoms. The normalized spacial score (nSPS) is 18.0. The van der Waals surface area contributed by atoms with Crippen molar-refractivity contribution >= 4 is 51.1 Å². The van der Waals surface area contributed by atoms with Gasteiger partial charge in [-0.05, 0) is 70.1 Å². The van der Waals surface area contributed by atoms with Crippen LogP contribution < -0.4 is 4.90 Å². The third kappa shape index (κ3) is 7.10. The van der Waals surface area contributed by atoms with E-state index < -0.39 is 11.6 Å². The van der Waals surface area contributed by atoms with Crippen molar-refractivity contribution in [3.8, 4) is 11.3 Å². The van der Waals surface area contributed by atoms with E-state index in [4.69, 9.17) is 9.47 Å². The van der Waals surface area contributed by atoms with Gasteiger partial charge in [-0.1, -0.05) is 44.2 Å². The summed E-state index contributed by atoms with van der Waals surface area (Å²) in [6.45, 7) is 10.9. The van der Waals surface area contributed by atoms with Gasteiger partial charge in [-0.2, -0.15) is 0 Å². The number of allylic oxidation sites excluding steroid dienone is 2. The zero-order valence-corrected chi connectivity index (χ0v) is 29.2. The lowest BCUT2D eigenvalue weighted by Crippen LogP contribution is -2.54. The van der Waals surface area contributed by atoms with Crippen molar-refractivity contribution in [2.24, 2.45) is 0 Å². The summed E-state index contributed by atoms with van der Waals surface area (Å²) in [5.74, 6) is -0.533. The van der Waals surface area contributed by atoms with Gasteiger partial charge in [0, 0.05) is 31.7 Å². The maximum absolute atomic E-state index is 14.1. The predicted octanol–water partition coefficient (Wildman–Crippen LogP) is 6.82. The molecule has 3 amide bonds. The van der Waals surface area contributed by atoms with E-state index in [-0.39, 0.29) is 36.9 Å². The van der Waals surface area contributed by atoms with Crippen molar-refractivity contribution in [1.82, 2.24) is 14.4 Å². The maximum atomic E-state index is 14.1. The van der Waals surface area contributed by atoms with Gasteiger partial charge in [0.2, 0.25) is 11.8 Å². The van der Waals surface area contributed by atoms with E-state index in [1.165, 1.54) is 18.4 Å². The molecule has 3 aromatic rings. The van der Waals surface area contributed by atoms with Gasteiger partial charge in [-0.3, -0.25) is 9.59 Å². The zero-order chi connectivity index (χ0) is 33.9. The number of carbonyl (C=O) groups is 4. The number of nitrogens with zero attached hydrogens (tertiary/aromatic N) is 4. The van der Waals surface area contributed by atoms with Gasteiger partial charge in [0.05, 0.1) is 28.7 Å². The van der Waals surface area contributed by atoms with Crippen LogP contribution in [0.4, 0.5) is 10.5 Å². The fraction of sp³-hybridized carbons (Fsp3) is 0.500. The molecule has 2 aliphatic heterocycles. The molecule has 6 rings (SSSR count). The third-order valence-corrected chi connectivity index (χ3v) is 9.84. The van der Waals surface area contributed by atoms with E-state index in [0.717, 1.165) is 52.7 Å². The number of para-hydroxylation sites is 1. The zero-order valence-electron chi connectivity index (χ0n) is 28.3. The summed E-state index contributed by atoms with van der Waals surface area (Å²) in [5.41, 5.74) is 3.99. The van der Waals surface area contributed by atoms with Gasteiger partial charge < -0.3 is 28.7 Å². The van der Waals surface area contributed by atoms with Gasteiger partial charge in [0.1, 0.15) is 23.6 Å². The molecule has 0 N–H and O–H groups in total. The summed E-state index contributed by atoms with van der Waals surface area (Å²) < 4.78 is 13.6.